The molecule has 0 radical (unpaired) electrons. The van der Waals surface area contributed by atoms with Gasteiger partial charge in [-0.25, -0.2) is 4.79 Å². The molecule has 0 aliphatic heterocycles. The molecule has 190 valence electrons. The minimum Gasteiger partial charge on any atom is -0.481 e. The van der Waals surface area contributed by atoms with Gasteiger partial charge in [-0.2, -0.15) is 12.6 Å². The minimum absolute atomic E-state index is 0.151. The number of nitrogens with one attached hydrogen (secondary N) is 3. The number of unbranched alkanes of at least 4 members (excludes halogenated alkanes) is 1. The number of carbonyl (C=O) groups excluding carboxylic acids is 3. The lowest BCUT2D eigenvalue weighted by Gasteiger charge is -2.27. The van der Waals surface area contributed by atoms with Gasteiger partial charge in [0, 0.05) is 12.2 Å². The zero-order valence-electron chi connectivity index (χ0n) is 19.1. The highest BCUT2D eigenvalue weighted by Gasteiger charge is 2.32. The summed E-state index contributed by atoms with van der Waals surface area (Å²) < 4.78 is 0. The van der Waals surface area contributed by atoms with E-state index in [-0.39, 0.29) is 18.1 Å². The topological polar surface area (TPSA) is 214 Å². The number of hydrogen-bond acceptors (Lipinski definition) is 8. The second-order valence-electron chi connectivity index (χ2n) is 7.84. The monoisotopic (exact) mass is 491 g/mol. The molecule has 0 aromatic rings. The van der Waals surface area contributed by atoms with E-state index < -0.39 is 60.2 Å². The van der Waals surface area contributed by atoms with Crippen molar-refractivity contribution in [3.63, 3.8) is 0 Å². The first-order valence-corrected chi connectivity index (χ1v) is 11.5. The maximum absolute atomic E-state index is 12.9. The molecule has 33 heavy (non-hydrogen) atoms. The lowest BCUT2D eigenvalue weighted by atomic mass is 9.97. The highest BCUT2D eigenvalue weighted by atomic mass is 32.1. The smallest absolute Gasteiger partial charge is 0.327 e. The molecule has 5 unspecified atom stereocenters. The van der Waals surface area contributed by atoms with Crippen LogP contribution in [0.25, 0.3) is 0 Å². The molecule has 0 aliphatic carbocycles. The van der Waals surface area contributed by atoms with Crippen LogP contribution in [0.4, 0.5) is 0 Å². The predicted molar refractivity (Wildman–Crippen MR) is 124 cm³/mol. The standard InChI is InChI=1S/C20H37N5O7S/c1-3-11(2)16(19(30)24-14(10-33)20(31)32)25-18(29)13(7-8-15(26)27)23-17(28)12(22)6-4-5-9-21/h11-14,16,33H,3-10,21-22H2,1-2H3,(H,23,28)(H,24,30)(H,25,29)(H,26,27)(H,31,32). The molecule has 0 spiro atoms. The molecule has 5 atom stereocenters. The summed E-state index contributed by atoms with van der Waals surface area (Å²) in [6.45, 7) is 3.93. The number of nitrogens with two attached hydrogens (primary N) is 2. The van der Waals surface area contributed by atoms with Crippen LogP contribution in [0.15, 0.2) is 0 Å². The third kappa shape index (κ3) is 11.9. The van der Waals surface area contributed by atoms with E-state index in [9.17, 15) is 24.0 Å². The van der Waals surface area contributed by atoms with Crippen molar-refractivity contribution < 1.29 is 34.2 Å². The van der Waals surface area contributed by atoms with Crippen LogP contribution in [0.3, 0.4) is 0 Å². The summed E-state index contributed by atoms with van der Waals surface area (Å²) in [5, 5.41) is 25.5. The quantitative estimate of drug-likeness (QED) is 0.0906. The highest BCUT2D eigenvalue weighted by Crippen LogP contribution is 2.10. The molecule has 0 fully saturated rings. The van der Waals surface area contributed by atoms with Gasteiger partial charge in [-0.05, 0) is 31.7 Å². The molecule has 0 rings (SSSR count). The predicted octanol–water partition coefficient (Wildman–Crippen LogP) is -1.18. The van der Waals surface area contributed by atoms with Gasteiger partial charge in [-0.3, -0.25) is 19.2 Å². The van der Waals surface area contributed by atoms with Crippen molar-refractivity contribution in [1.82, 2.24) is 16.0 Å². The number of aliphatic carboxylic acids is 2. The van der Waals surface area contributed by atoms with Crippen molar-refractivity contribution in [3.05, 3.63) is 0 Å². The van der Waals surface area contributed by atoms with Crippen molar-refractivity contribution in [1.29, 1.82) is 0 Å². The van der Waals surface area contributed by atoms with E-state index in [4.69, 9.17) is 21.7 Å². The normalized spacial score (nSPS) is 15.4. The maximum atomic E-state index is 12.9. The fourth-order valence-electron chi connectivity index (χ4n) is 2.86. The largest absolute Gasteiger partial charge is 0.481 e. The molecular formula is C20H37N5O7S. The minimum atomic E-state index is -1.28. The number of hydrogen-bond donors (Lipinski definition) is 8. The van der Waals surface area contributed by atoms with Crippen LogP contribution in [0.2, 0.25) is 0 Å². The van der Waals surface area contributed by atoms with E-state index in [2.05, 4.69) is 28.6 Å². The second kappa shape index (κ2) is 16.3. The van der Waals surface area contributed by atoms with E-state index in [1.54, 1.807) is 13.8 Å². The van der Waals surface area contributed by atoms with Crippen LogP contribution >= 0.6 is 12.6 Å². The third-order valence-electron chi connectivity index (χ3n) is 5.18. The molecule has 13 heteroatoms. The summed E-state index contributed by atoms with van der Waals surface area (Å²) in [6.07, 6.45) is 1.50. The van der Waals surface area contributed by atoms with Gasteiger partial charge < -0.3 is 37.6 Å². The number of rotatable bonds is 17. The Kier molecular flexibility index (Phi) is 15.1. The Morgan fingerprint density at radius 2 is 1.52 bits per heavy atom. The molecule has 12 nitrogen and oxygen atoms in total. The highest BCUT2D eigenvalue weighted by molar-refractivity contribution is 7.80. The molecular weight excluding hydrogens is 454 g/mol. The number of carboxylic acid groups (broad SMARTS) is 2. The van der Waals surface area contributed by atoms with Gasteiger partial charge in [0.05, 0.1) is 6.04 Å². The van der Waals surface area contributed by atoms with Gasteiger partial charge >= 0.3 is 11.9 Å². The van der Waals surface area contributed by atoms with E-state index >= 15 is 0 Å². The van der Waals surface area contributed by atoms with E-state index in [1.807, 2.05) is 0 Å². The Hall–Kier alpha value is -2.38. The molecule has 0 aromatic heterocycles. The third-order valence-corrected chi connectivity index (χ3v) is 5.54. The van der Waals surface area contributed by atoms with Crippen LogP contribution in [-0.2, 0) is 24.0 Å². The van der Waals surface area contributed by atoms with Crippen LogP contribution in [0, 0.1) is 5.92 Å². The zero-order valence-corrected chi connectivity index (χ0v) is 20.0. The number of carbonyl (C=O) groups is 5. The fourth-order valence-corrected chi connectivity index (χ4v) is 3.11. The van der Waals surface area contributed by atoms with Gasteiger partial charge in [0.1, 0.15) is 18.1 Å². The summed E-state index contributed by atoms with van der Waals surface area (Å²) in [6, 6.07) is -4.50. The van der Waals surface area contributed by atoms with E-state index in [0.717, 1.165) is 0 Å². The fraction of sp³-hybridized carbons (Fsp3) is 0.750. The average Bonchev–Trinajstić information content (AvgIpc) is 2.76. The van der Waals surface area contributed by atoms with Crippen LogP contribution in [-0.4, -0.2) is 76.3 Å². The van der Waals surface area contributed by atoms with E-state index in [0.29, 0.717) is 32.2 Å². The first kappa shape index (κ1) is 30.6. The summed E-state index contributed by atoms with van der Waals surface area (Å²) in [5.41, 5.74) is 11.3. The molecule has 0 aromatic carbocycles. The lowest BCUT2D eigenvalue weighted by molar-refractivity contribution is -0.142. The van der Waals surface area contributed by atoms with Crippen molar-refractivity contribution in [2.75, 3.05) is 12.3 Å². The molecule has 9 N–H and O–H groups in total. The van der Waals surface area contributed by atoms with Gasteiger partial charge in [0.25, 0.3) is 0 Å². The van der Waals surface area contributed by atoms with Crippen LogP contribution in [0.1, 0.15) is 52.4 Å². The zero-order chi connectivity index (χ0) is 25.6. The SMILES string of the molecule is CCC(C)C(NC(=O)C(CCC(=O)O)NC(=O)C(N)CCCCN)C(=O)NC(CS)C(=O)O. The van der Waals surface area contributed by atoms with Gasteiger partial charge in [0.2, 0.25) is 17.7 Å². The Labute approximate surface area is 199 Å². The molecule has 0 saturated carbocycles. The van der Waals surface area contributed by atoms with Gasteiger partial charge in [-0.1, -0.05) is 26.7 Å². The van der Waals surface area contributed by atoms with Gasteiger partial charge in [0.15, 0.2) is 0 Å². The first-order valence-electron chi connectivity index (χ1n) is 10.9. The molecule has 0 saturated heterocycles. The second-order valence-corrected chi connectivity index (χ2v) is 8.20. The molecule has 0 heterocycles. The number of carboxylic acids is 2. The Morgan fingerprint density at radius 1 is 0.909 bits per heavy atom. The Morgan fingerprint density at radius 3 is 2.00 bits per heavy atom. The maximum Gasteiger partial charge on any atom is 0.327 e. The summed E-state index contributed by atoms with van der Waals surface area (Å²) >= 11 is 3.90. The first-order chi connectivity index (χ1) is 15.5. The van der Waals surface area contributed by atoms with Crippen LogP contribution in [0.5, 0.6) is 0 Å². The van der Waals surface area contributed by atoms with Crippen LogP contribution < -0.4 is 27.4 Å². The van der Waals surface area contributed by atoms with Crippen molar-refractivity contribution >= 4 is 42.3 Å². The molecule has 0 bridgehead atoms. The molecule has 0 aliphatic rings. The summed E-state index contributed by atoms with van der Waals surface area (Å²) in [5.74, 6) is -5.08. The summed E-state index contributed by atoms with van der Waals surface area (Å²) in [7, 11) is 0. The van der Waals surface area contributed by atoms with Crippen molar-refractivity contribution in [2.24, 2.45) is 17.4 Å². The molecule has 3 amide bonds. The lowest BCUT2D eigenvalue weighted by Crippen LogP contribution is -2.59. The van der Waals surface area contributed by atoms with Crippen molar-refractivity contribution in [2.45, 2.75) is 76.5 Å². The number of amides is 3. The average molecular weight is 492 g/mol. The van der Waals surface area contributed by atoms with Gasteiger partial charge in [-0.15, -0.1) is 0 Å². The summed E-state index contributed by atoms with van der Waals surface area (Å²) in [4.78, 5) is 60.2. The van der Waals surface area contributed by atoms with E-state index in [1.165, 1.54) is 0 Å². The Bertz CT molecular complexity index is 679. The van der Waals surface area contributed by atoms with Crippen molar-refractivity contribution in [3.8, 4) is 0 Å². The number of thiol groups is 1. The Balaban J connectivity index is 5.45.